The van der Waals surface area contributed by atoms with Gasteiger partial charge in [-0.1, -0.05) is 36.4 Å². The fraction of sp³-hybridized carbons (Fsp3) is 0.308. The third-order valence-electron chi connectivity index (χ3n) is 7.40. The van der Waals surface area contributed by atoms with Crippen LogP contribution in [0.25, 0.3) is 0 Å². The lowest BCUT2D eigenvalue weighted by atomic mass is 9.57. The quantitative estimate of drug-likeness (QED) is 0.301. The van der Waals surface area contributed by atoms with E-state index in [9.17, 15) is 0 Å². The zero-order valence-corrected chi connectivity index (χ0v) is 16.6. The molecule has 0 N–H and O–H groups in total. The van der Waals surface area contributed by atoms with E-state index >= 15 is 0 Å². The lowest BCUT2D eigenvalue weighted by Gasteiger charge is -2.45. The van der Waals surface area contributed by atoms with Crippen LogP contribution in [0.2, 0.25) is 0 Å². The Bertz CT molecular complexity index is 1100. The van der Waals surface area contributed by atoms with Crippen molar-refractivity contribution in [3.8, 4) is 0 Å². The topological polar surface area (TPSA) is 0 Å². The first-order valence-corrected chi connectivity index (χ1v) is 9.72. The molecule has 0 nitrogen and oxygen atoms in total. The van der Waals surface area contributed by atoms with Gasteiger partial charge < -0.3 is 0 Å². The first-order chi connectivity index (χ1) is 12.4. The van der Waals surface area contributed by atoms with E-state index < -0.39 is 0 Å². The normalized spacial score (nSPS) is 19.2. The van der Waals surface area contributed by atoms with Crippen LogP contribution in [0.4, 0.5) is 0 Å². The second kappa shape index (κ2) is 5.10. The van der Waals surface area contributed by atoms with Crippen LogP contribution >= 0.6 is 0 Å². The third-order valence-corrected chi connectivity index (χ3v) is 7.40. The summed E-state index contributed by atoms with van der Waals surface area (Å²) in [6.07, 6.45) is 0. The maximum absolute atomic E-state index is 2.40. The number of benzene rings is 3. The lowest BCUT2D eigenvalue weighted by molar-refractivity contribution is 0.732. The second-order valence-electron chi connectivity index (χ2n) is 8.33. The van der Waals surface area contributed by atoms with Gasteiger partial charge >= 0.3 is 0 Å². The van der Waals surface area contributed by atoms with Gasteiger partial charge in [0.1, 0.15) is 0 Å². The molecular formula is C26H26. The van der Waals surface area contributed by atoms with Gasteiger partial charge in [-0.15, -0.1) is 0 Å². The van der Waals surface area contributed by atoms with Crippen molar-refractivity contribution >= 4 is 0 Å². The summed E-state index contributed by atoms with van der Waals surface area (Å²) >= 11 is 0. The zero-order chi connectivity index (χ0) is 18.3. The van der Waals surface area contributed by atoms with Gasteiger partial charge in [-0.2, -0.15) is 0 Å². The molecule has 0 aliphatic heterocycles. The highest BCUT2D eigenvalue weighted by molar-refractivity contribution is 5.73. The number of hydrogen-bond donors (Lipinski definition) is 0. The maximum Gasteiger partial charge on any atom is 0.0354 e. The molecule has 3 aliphatic carbocycles. The molecule has 3 aromatic rings. The number of aryl methyl sites for hydroxylation is 1. The van der Waals surface area contributed by atoms with Gasteiger partial charge in [0.2, 0.25) is 0 Å². The first-order valence-electron chi connectivity index (χ1n) is 9.72. The Morgan fingerprint density at radius 2 is 1.00 bits per heavy atom. The van der Waals surface area contributed by atoms with Gasteiger partial charge in [0, 0.05) is 11.8 Å². The van der Waals surface area contributed by atoms with Crippen molar-refractivity contribution in [2.24, 2.45) is 0 Å². The number of hydrogen-bond acceptors (Lipinski definition) is 0. The lowest BCUT2D eigenvalue weighted by Crippen LogP contribution is -2.30. The summed E-state index contributed by atoms with van der Waals surface area (Å²) in [6.45, 7) is 13.9. The van der Waals surface area contributed by atoms with Crippen LogP contribution in [0, 0.1) is 41.5 Å². The van der Waals surface area contributed by atoms with Crippen LogP contribution < -0.4 is 0 Å². The standard InChI is InChI=1S/C26H26/c1-13-11-12-21-22(14(13)2)26-20-10-8-7-9-19(20)25(21)23-17(5)15(3)16(4)18(6)24(23)26/h7-12,25-26H,1-6H3. The van der Waals surface area contributed by atoms with E-state index in [-0.39, 0.29) is 0 Å². The average Bonchev–Trinajstić information content (AvgIpc) is 2.66. The average molecular weight is 338 g/mol. The molecular weight excluding hydrogens is 312 g/mol. The molecule has 0 heterocycles. The van der Waals surface area contributed by atoms with Crippen molar-refractivity contribution in [1.82, 2.24) is 0 Å². The van der Waals surface area contributed by atoms with Gasteiger partial charge in [-0.05, 0) is 108 Å². The van der Waals surface area contributed by atoms with E-state index in [1.807, 2.05) is 0 Å². The van der Waals surface area contributed by atoms with E-state index in [2.05, 4.69) is 77.9 Å². The molecule has 0 heteroatoms. The monoisotopic (exact) mass is 338 g/mol. The van der Waals surface area contributed by atoms with Crippen LogP contribution in [0.5, 0.6) is 0 Å². The van der Waals surface area contributed by atoms with Crippen LogP contribution in [-0.2, 0) is 0 Å². The summed E-state index contributed by atoms with van der Waals surface area (Å²) in [5, 5.41) is 0. The molecule has 0 aromatic heterocycles. The highest BCUT2D eigenvalue weighted by atomic mass is 14.5. The van der Waals surface area contributed by atoms with Crippen molar-refractivity contribution in [2.75, 3.05) is 0 Å². The molecule has 0 spiro atoms. The molecule has 3 aromatic carbocycles. The Kier molecular flexibility index (Phi) is 3.11. The SMILES string of the molecule is Cc1ccc2c(c1C)C1c3ccccc3C2c2c(C)c(C)c(C)c(C)c21. The molecule has 0 fully saturated rings. The first kappa shape index (κ1) is 15.9. The largest absolute Gasteiger partial charge is 0.0619 e. The Hall–Kier alpha value is -2.34. The smallest absolute Gasteiger partial charge is 0.0354 e. The van der Waals surface area contributed by atoms with Crippen LogP contribution in [0.15, 0.2) is 36.4 Å². The van der Waals surface area contributed by atoms with Crippen molar-refractivity contribution in [1.29, 1.82) is 0 Å². The van der Waals surface area contributed by atoms with Crippen molar-refractivity contribution < 1.29 is 0 Å². The van der Waals surface area contributed by atoms with Crippen molar-refractivity contribution in [3.63, 3.8) is 0 Å². The Morgan fingerprint density at radius 1 is 0.462 bits per heavy atom. The molecule has 0 radical (unpaired) electrons. The summed E-state index contributed by atoms with van der Waals surface area (Å²) in [5.41, 5.74) is 18.2. The molecule has 0 saturated carbocycles. The number of rotatable bonds is 0. The van der Waals surface area contributed by atoms with Crippen LogP contribution in [-0.4, -0.2) is 0 Å². The van der Waals surface area contributed by atoms with E-state index in [0.717, 1.165) is 0 Å². The molecule has 3 aliphatic rings. The minimum Gasteiger partial charge on any atom is -0.0619 e. The Morgan fingerprint density at radius 3 is 1.62 bits per heavy atom. The van der Waals surface area contributed by atoms with Crippen molar-refractivity contribution in [2.45, 2.75) is 53.4 Å². The van der Waals surface area contributed by atoms with Gasteiger partial charge in [-0.3, -0.25) is 0 Å². The highest BCUT2D eigenvalue weighted by Crippen LogP contribution is 2.58. The summed E-state index contributed by atoms with van der Waals surface area (Å²) in [5.74, 6) is 0.776. The predicted octanol–water partition coefficient (Wildman–Crippen LogP) is 6.52. The van der Waals surface area contributed by atoms with Crippen LogP contribution in [0.1, 0.15) is 78.6 Å². The third kappa shape index (κ3) is 1.70. The van der Waals surface area contributed by atoms with E-state index in [1.54, 1.807) is 16.7 Å². The highest BCUT2D eigenvalue weighted by Gasteiger charge is 2.44. The van der Waals surface area contributed by atoms with E-state index in [0.29, 0.717) is 11.8 Å². The minimum absolute atomic E-state index is 0.387. The van der Waals surface area contributed by atoms with E-state index in [4.69, 9.17) is 0 Å². The molecule has 26 heavy (non-hydrogen) atoms. The fourth-order valence-corrected chi connectivity index (χ4v) is 5.58. The summed E-state index contributed by atoms with van der Waals surface area (Å²) in [6, 6.07) is 13.9. The summed E-state index contributed by atoms with van der Waals surface area (Å²) < 4.78 is 0. The second-order valence-corrected chi connectivity index (χ2v) is 8.33. The molecule has 0 amide bonds. The minimum atomic E-state index is 0.387. The predicted molar refractivity (Wildman–Crippen MR) is 110 cm³/mol. The molecule has 2 atom stereocenters. The molecule has 130 valence electrons. The van der Waals surface area contributed by atoms with Crippen molar-refractivity contribution in [3.05, 3.63) is 103 Å². The molecule has 0 saturated heterocycles. The van der Waals surface area contributed by atoms with Crippen LogP contribution in [0.3, 0.4) is 0 Å². The van der Waals surface area contributed by atoms with Gasteiger partial charge in [0.25, 0.3) is 0 Å². The fourth-order valence-electron chi connectivity index (χ4n) is 5.58. The Labute approximate surface area is 156 Å². The molecule has 2 bridgehead atoms. The van der Waals surface area contributed by atoms with Gasteiger partial charge in [0.15, 0.2) is 0 Å². The van der Waals surface area contributed by atoms with Gasteiger partial charge in [0.05, 0.1) is 0 Å². The van der Waals surface area contributed by atoms with E-state index in [1.165, 1.54) is 50.1 Å². The summed E-state index contributed by atoms with van der Waals surface area (Å²) in [4.78, 5) is 0. The Balaban J connectivity index is 1.99. The summed E-state index contributed by atoms with van der Waals surface area (Å²) in [7, 11) is 0. The van der Waals surface area contributed by atoms with Gasteiger partial charge in [-0.25, -0.2) is 0 Å². The zero-order valence-electron chi connectivity index (χ0n) is 16.6. The maximum atomic E-state index is 2.40. The molecule has 2 unspecified atom stereocenters. The molecule has 6 rings (SSSR count).